The molecule has 0 radical (unpaired) electrons. The molecule has 1 fully saturated rings. The lowest BCUT2D eigenvalue weighted by Crippen LogP contribution is -2.22. The van der Waals surface area contributed by atoms with Crippen molar-refractivity contribution in [2.45, 2.75) is 38.3 Å². The average Bonchev–Trinajstić information content (AvgIpc) is 2.45. The minimum absolute atomic E-state index is 0.0897. The second-order valence-electron chi connectivity index (χ2n) is 5.17. The molecule has 1 aliphatic carbocycles. The second kappa shape index (κ2) is 6.25. The van der Waals surface area contributed by atoms with Gasteiger partial charge in [0.1, 0.15) is 0 Å². The quantitative estimate of drug-likeness (QED) is 0.567. The van der Waals surface area contributed by atoms with E-state index in [1.54, 1.807) is 18.2 Å². The van der Waals surface area contributed by atoms with Gasteiger partial charge in [0.2, 0.25) is 0 Å². The van der Waals surface area contributed by atoms with Crippen molar-refractivity contribution >= 4 is 5.78 Å². The van der Waals surface area contributed by atoms with E-state index >= 15 is 0 Å². The van der Waals surface area contributed by atoms with E-state index in [1.807, 2.05) is 0 Å². The Hall–Kier alpha value is -1.58. The third kappa shape index (κ3) is 3.71. The number of rotatable bonds is 3. The Balaban J connectivity index is 2.28. The van der Waals surface area contributed by atoms with Gasteiger partial charge in [0.25, 0.3) is 0 Å². The summed E-state index contributed by atoms with van der Waals surface area (Å²) in [6.07, 6.45) is 0.970. The number of halogens is 3. The SMILES string of the molecule is O=C(/C(=C\C1CCCCC1)C(F)(F)F)c1ccccc1. The van der Waals surface area contributed by atoms with Crippen molar-refractivity contribution in [2.75, 3.05) is 0 Å². The molecule has 0 bridgehead atoms. The van der Waals surface area contributed by atoms with Gasteiger partial charge < -0.3 is 0 Å². The van der Waals surface area contributed by atoms with Gasteiger partial charge in [-0.05, 0) is 18.8 Å². The number of ketones is 1. The fraction of sp³-hybridized carbons (Fsp3) is 0.438. The normalized spacial score (nSPS) is 18.1. The second-order valence-corrected chi connectivity index (χ2v) is 5.17. The summed E-state index contributed by atoms with van der Waals surface area (Å²) >= 11 is 0. The van der Waals surface area contributed by atoms with Gasteiger partial charge in [-0.1, -0.05) is 55.7 Å². The zero-order valence-electron chi connectivity index (χ0n) is 11.1. The molecule has 0 N–H and O–H groups in total. The number of alkyl halides is 3. The van der Waals surface area contributed by atoms with Crippen LogP contribution in [0.3, 0.4) is 0 Å². The van der Waals surface area contributed by atoms with Gasteiger partial charge >= 0.3 is 6.18 Å². The minimum Gasteiger partial charge on any atom is -0.289 e. The molecule has 108 valence electrons. The molecule has 0 amide bonds. The molecule has 20 heavy (non-hydrogen) atoms. The van der Waals surface area contributed by atoms with Crippen molar-refractivity contribution in [3.63, 3.8) is 0 Å². The lowest BCUT2D eigenvalue weighted by atomic mass is 9.86. The Kier molecular flexibility index (Phi) is 4.63. The Morgan fingerprint density at radius 3 is 2.20 bits per heavy atom. The van der Waals surface area contributed by atoms with Crippen LogP contribution in [-0.2, 0) is 0 Å². The van der Waals surface area contributed by atoms with Crippen LogP contribution in [0.15, 0.2) is 42.0 Å². The van der Waals surface area contributed by atoms with E-state index in [0.29, 0.717) is 0 Å². The standard InChI is InChI=1S/C16H17F3O/c17-16(18,19)14(11-12-7-3-1-4-8-12)15(20)13-9-5-2-6-10-13/h2,5-6,9-12H,1,3-4,7-8H2/b14-11+. The molecule has 0 aliphatic heterocycles. The molecular formula is C16H17F3O. The van der Waals surface area contributed by atoms with Crippen molar-refractivity contribution in [3.8, 4) is 0 Å². The average molecular weight is 282 g/mol. The first-order valence-corrected chi connectivity index (χ1v) is 6.87. The van der Waals surface area contributed by atoms with Crippen molar-refractivity contribution in [1.82, 2.24) is 0 Å². The maximum Gasteiger partial charge on any atom is 0.419 e. The van der Waals surface area contributed by atoms with Gasteiger partial charge in [-0.3, -0.25) is 4.79 Å². The van der Waals surface area contributed by atoms with E-state index < -0.39 is 17.5 Å². The van der Waals surface area contributed by atoms with Crippen LogP contribution in [-0.4, -0.2) is 12.0 Å². The van der Waals surface area contributed by atoms with E-state index in [4.69, 9.17) is 0 Å². The molecule has 4 heteroatoms. The predicted molar refractivity (Wildman–Crippen MR) is 71.5 cm³/mol. The van der Waals surface area contributed by atoms with Crippen LogP contribution >= 0.6 is 0 Å². The van der Waals surface area contributed by atoms with Gasteiger partial charge in [0.05, 0.1) is 5.57 Å². The van der Waals surface area contributed by atoms with E-state index in [2.05, 4.69) is 0 Å². The Morgan fingerprint density at radius 1 is 1.05 bits per heavy atom. The third-order valence-corrected chi connectivity index (χ3v) is 3.64. The lowest BCUT2D eigenvalue weighted by molar-refractivity contribution is -0.0893. The number of hydrogen-bond acceptors (Lipinski definition) is 1. The van der Waals surface area contributed by atoms with Crippen LogP contribution in [0.4, 0.5) is 13.2 Å². The highest BCUT2D eigenvalue weighted by molar-refractivity contribution is 6.09. The first-order chi connectivity index (χ1) is 9.48. The Morgan fingerprint density at radius 2 is 1.65 bits per heavy atom. The summed E-state index contributed by atoms with van der Waals surface area (Å²) in [6.45, 7) is 0. The highest BCUT2D eigenvalue weighted by atomic mass is 19.4. The van der Waals surface area contributed by atoms with Crippen LogP contribution in [0.5, 0.6) is 0 Å². The number of carbonyl (C=O) groups is 1. The molecular weight excluding hydrogens is 265 g/mol. The number of benzene rings is 1. The van der Waals surface area contributed by atoms with E-state index in [9.17, 15) is 18.0 Å². The van der Waals surface area contributed by atoms with Crippen LogP contribution in [0, 0.1) is 5.92 Å². The van der Waals surface area contributed by atoms with E-state index in [-0.39, 0.29) is 11.5 Å². The molecule has 1 aromatic rings. The summed E-state index contributed by atoms with van der Waals surface area (Å²) in [7, 11) is 0. The molecule has 0 unspecified atom stereocenters. The third-order valence-electron chi connectivity index (χ3n) is 3.64. The van der Waals surface area contributed by atoms with Crippen LogP contribution in [0.25, 0.3) is 0 Å². The first-order valence-electron chi connectivity index (χ1n) is 6.87. The monoisotopic (exact) mass is 282 g/mol. The molecule has 1 saturated carbocycles. The Bertz CT molecular complexity index is 482. The van der Waals surface area contributed by atoms with Gasteiger partial charge in [0, 0.05) is 5.56 Å². The number of allylic oxidation sites excluding steroid dienone is 2. The molecule has 2 rings (SSSR count). The maximum absolute atomic E-state index is 13.1. The number of carbonyl (C=O) groups excluding carboxylic acids is 1. The van der Waals surface area contributed by atoms with Gasteiger partial charge in [-0.2, -0.15) is 13.2 Å². The lowest BCUT2D eigenvalue weighted by Gasteiger charge is -2.20. The molecule has 0 heterocycles. The van der Waals surface area contributed by atoms with Crippen LogP contribution in [0.2, 0.25) is 0 Å². The topological polar surface area (TPSA) is 17.1 Å². The Labute approximate surface area is 116 Å². The number of hydrogen-bond donors (Lipinski definition) is 0. The van der Waals surface area contributed by atoms with Gasteiger partial charge in [-0.25, -0.2) is 0 Å². The summed E-state index contributed by atoms with van der Waals surface area (Å²) in [4.78, 5) is 12.1. The molecule has 0 aromatic heterocycles. The molecule has 1 aliphatic rings. The fourth-order valence-electron chi connectivity index (χ4n) is 2.58. The summed E-state index contributed by atoms with van der Waals surface area (Å²) in [5.74, 6) is -1.06. The number of Topliss-reactive ketones (excluding diaryl/α,β-unsaturated/α-hetero) is 1. The molecule has 0 saturated heterocycles. The highest BCUT2D eigenvalue weighted by Gasteiger charge is 2.39. The van der Waals surface area contributed by atoms with Crippen molar-refractivity contribution in [3.05, 3.63) is 47.5 Å². The largest absolute Gasteiger partial charge is 0.419 e. The summed E-state index contributed by atoms with van der Waals surface area (Å²) in [5.41, 5.74) is -0.928. The molecule has 0 spiro atoms. The molecule has 0 atom stereocenters. The van der Waals surface area contributed by atoms with E-state index in [0.717, 1.165) is 38.2 Å². The van der Waals surface area contributed by atoms with Gasteiger partial charge in [0.15, 0.2) is 5.78 Å². The summed E-state index contributed by atoms with van der Waals surface area (Å²) in [6, 6.07) is 7.66. The zero-order valence-corrected chi connectivity index (χ0v) is 11.1. The van der Waals surface area contributed by atoms with E-state index in [1.165, 1.54) is 12.1 Å². The zero-order chi connectivity index (χ0) is 14.6. The highest BCUT2D eigenvalue weighted by Crippen LogP contribution is 2.33. The van der Waals surface area contributed by atoms with Crippen molar-refractivity contribution in [1.29, 1.82) is 0 Å². The van der Waals surface area contributed by atoms with Crippen molar-refractivity contribution < 1.29 is 18.0 Å². The van der Waals surface area contributed by atoms with Crippen molar-refractivity contribution in [2.24, 2.45) is 5.92 Å². The predicted octanol–water partition coefficient (Wildman–Crippen LogP) is 4.94. The summed E-state index contributed by atoms with van der Waals surface area (Å²) in [5, 5.41) is 0. The molecule has 1 aromatic carbocycles. The van der Waals surface area contributed by atoms with Crippen LogP contribution in [0.1, 0.15) is 42.5 Å². The first kappa shape index (κ1) is 14.8. The summed E-state index contributed by atoms with van der Waals surface area (Å²) < 4.78 is 39.4. The smallest absolute Gasteiger partial charge is 0.289 e. The molecule has 1 nitrogen and oxygen atoms in total. The maximum atomic E-state index is 13.1. The minimum atomic E-state index is -4.59. The van der Waals surface area contributed by atoms with Gasteiger partial charge in [-0.15, -0.1) is 0 Å². The fourth-order valence-corrected chi connectivity index (χ4v) is 2.58. The van der Waals surface area contributed by atoms with Crippen LogP contribution < -0.4 is 0 Å².